The van der Waals surface area contributed by atoms with Crippen molar-refractivity contribution in [3.05, 3.63) is 0 Å². The molecule has 0 N–H and O–H groups in total. The molecule has 6 nitrogen and oxygen atoms in total. The second kappa shape index (κ2) is 15.4. The van der Waals surface area contributed by atoms with E-state index in [9.17, 15) is 24.0 Å². The Morgan fingerprint density at radius 2 is 1.36 bits per heavy atom. The average Bonchev–Trinajstić information content (AvgIpc) is 3.00. The first-order valence-electron chi connectivity index (χ1n) is 14.3. The monoisotopic (exact) mass is 506 g/mol. The topological polar surface area (TPSA) is 94.6 Å². The van der Waals surface area contributed by atoms with Gasteiger partial charge in [0.2, 0.25) is 11.4 Å². The van der Waals surface area contributed by atoms with Gasteiger partial charge in [-0.25, -0.2) is 0 Å². The maximum atomic E-state index is 13.8. The van der Waals surface area contributed by atoms with Crippen LogP contribution in [0.2, 0.25) is 0 Å². The van der Waals surface area contributed by atoms with Gasteiger partial charge in [-0.1, -0.05) is 93.4 Å². The van der Waals surface area contributed by atoms with E-state index < -0.39 is 52.5 Å². The first-order valence-corrected chi connectivity index (χ1v) is 14.3. The summed E-state index contributed by atoms with van der Waals surface area (Å²) >= 11 is 0. The highest BCUT2D eigenvalue weighted by atomic mass is 16.6. The Balaban J connectivity index is 3.24. The van der Waals surface area contributed by atoms with E-state index in [4.69, 9.17) is 4.74 Å². The molecule has 1 aliphatic rings. The number of hydrogen-bond donors (Lipinski definition) is 0. The minimum Gasteiger partial charge on any atom is -0.442 e. The molecule has 36 heavy (non-hydrogen) atoms. The molecule has 0 spiro atoms. The highest BCUT2D eigenvalue weighted by Crippen LogP contribution is 2.43. The van der Waals surface area contributed by atoms with Crippen molar-refractivity contribution >= 4 is 29.1 Å². The number of ketones is 4. The van der Waals surface area contributed by atoms with E-state index in [0.717, 1.165) is 19.3 Å². The third kappa shape index (κ3) is 8.62. The molecule has 0 aromatic carbocycles. The van der Waals surface area contributed by atoms with Crippen LogP contribution in [0.5, 0.6) is 0 Å². The standard InChI is InChI=1S/C30H50O6/c1-8-9-10-11-12-13-14-15-25(32)36-30(24(31)19-17-21(4)5)23(18-16-20(2)3)28(34)26(29(30)35)27(33)22(6)7/h20-23,26H,8-19H2,1-7H3. The zero-order valence-corrected chi connectivity index (χ0v) is 23.8. The molecule has 0 amide bonds. The van der Waals surface area contributed by atoms with Crippen LogP contribution in [0.3, 0.4) is 0 Å². The van der Waals surface area contributed by atoms with Crippen molar-refractivity contribution in [3.8, 4) is 0 Å². The second-order valence-corrected chi connectivity index (χ2v) is 11.7. The van der Waals surface area contributed by atoms with Crippen molar-refractivity contribution in [3.63, 3.8) is 0 Å². The zero-order valence-electron chi connectivity index (χ0n) is 23.8. The quantitative estimate of drug-likeness (QED) is 0.120. The minimum absolute atomic E-state index is 0.0299. The van der Waals surface area contributed by atoms with E-state index >= 15 is 0 Å². The largest absolute Gasteiger partial charge is 0.442 e. The summed E-state index contributed by atoms with van der Waals surface area (Å²) in [6, 6.07) is 0. The fourth-order valence-electron chi connectivity index (χ4n) is 4.94. The molecule has 6 heteroatoms. The molecule has 206 valence electrons. The van der Waals surface area contributed by atoms with E-state index in [-0.39, 0.29) is 31.1 Å². The van der Waals surface area contributed by atoms with Gasteiger partial charge in [0.05, 0.1) is 5.92 Å². The predicted octanol–water partition coefficient (Wildman–Crippen LogP) is 6.46. The summed E-state index contributed by atoms with van der Waals surface area (Å²) < 4.78 is 5.81. The van der Waals surface area contributed by atoms with Crippen LogP contribution < -0.4 is 0 Å². The highest BCUT2D eigenvalue weighted by Gasteiger charge is 2.67. The van der Waals surface area contributed by atoms with Gasteiger partial charge < -0.3 is 4.74 Å². The van der Waals surface area contributed by atoms with Gasteiger partial charge in [-0.05, 0) is 31.1 Å². The smallest absolute Gasteiger partial charge is 0.307 e. The molecule has 0 heterocycles. The minimum atomic E-state index is -2.17. The first kappa shape index (κ1) is 32.2. The van der Waals surface area contributed by atoms with Crippen LogP contribution in [0.1, 0.15) is 126 Å². The van der Waals surface area contributed by atoms with E-state index in [2.05, 4.69) is 6.92 Å². The Labute approximate surface area is 218 Å². The Hall–Kier alpha value is -1.85. The Bertz CT molecular complexity index is 765. The molecule has 3 unspecified atom stereocenters. The maximum Gasteiger partial charge on any atom is 0.307 e. The number of Topliss-reactive ketones (excluding diaryl/α,β-unsaturated/α-hetero) is 4. The molecule has 0 radical (unpaired) electrons. The van der Waals surface area contributed by atoms with Gasteiger partial charge in [-0.15, -0.1) is 0 Å². The van der Waals surface area contributed by atoms with E-state index in [1.807, 2.05) is 27.7 Å². The normalized spacial score (nSPS) is 22.2. The lowest BCUT2D eigenvalue weighted by Crippen LogP contribution is -2.53. The van der Waals surface area contributed by atoms with Crippen LogP contribution in [-0.4, -0.2) is 34.7 Å². The molecule has 1 aliphatic carbocycles. The lowest BCUT2D eigenvalue weighted by Gasteiger charge is -2.32. The van der Waals surface area contributed by atoms with Crippen molar-refractivity contribution in [1.82, 2.24) is 0 Å². The summed E-state index contributed by atoms with van der Waals surface area (Å²) in [6.07, 6.45) is 8.61. The molecule has 0 saturated heterocycles. The second-order valence-electron chi connectivity index (χ2n) is 11.7. The number of rotatable bonds is 18. The van der Waals surface area contributed by atoms with Gasteiger partial charge in [-0.2, -0.15) is 0 Å². The molecule has 3 atom stereocenters. The van der Waals surface area contributed by atoms with Gasteiger partial charge in [0.15, 0.2) is 17.3 Å². The van der Waals surface area contributed by atoms with Crippen molar-refractivity contribution in [2.24, 2.45) is 29.6 Å². The fourth-order valence-corrected chi connectivity index (χ4v) is 4.94. The SMILES string of the molecule is CCCCCCCCCC(=O)OC1(C(=O)CCC(C)C)C(=O)C(C(=O)C(C)C)C(=O)C1CCC(C)C. The predicted molar refractivity (Wildman–Crippen MR) is 141 cm³/mol. The van der Waals surface area contributed by atoms with Crippen LogP contribution in [0.25, 0.3) is 0 Å². The molecule has 0 bridgehead atoms. The van der Waals surface area contributed by atoms with Crippen molar-refractivity contribution in [2.45, 2.75) is 131 Å². The first-order chi connectivity index (χ1) is 16.9. The molecule has 1 rings (SSSR count). The lowest BCUT2D eigenvalue weighted by molar-refractivity contribution is -0.177. The molecule has 0 aliphatic heterocycles. The molecule has 0 aromatic heterocycles. The summed E-state index contributed by atoms with van der Waals surface area (Å²) in [7, 11) is 0. The number of carbonyl (C=O) groups is 5. The highest BCUT2D eigenvalue weighted by molar-refractivity contribution is 6.34. The number of carbonyl (C=O) groups excluding carboxylic acids is 5. The Kier molecular flexibility index (Phi) is 13.8. The fraction of sp³-hybridized carbons (Fsp3) is 0.833. The van der Waals surface area contributed by atoms with Crippen LogP contribution in [-0.2, 0) is 28.7 Å². The number of ether oxygens (including phenoxy) is 1. The Morgan fingerprint density at radius 1 is 0.806 bits per heavy atom. The van der Waals surface area contributed by atoms with Crippen LogP contribution in [0.15, 0.2) is 0 Å². The van der Waals surface area contributed by atoms with Gasteiger partial charge in [0.25, 0.3) is 0 Å². The van der Waals surface area contributed by atoms with Gasteiger partial charge in [0, 0.05) is 18.8 Å². The van der Waals surface area contributed by atoms with Crippen molar-refractivity contribution < 1.29 is 28.7 Å². The Morgan fingerprint density at radius 3 is 1.89 bits per heavy atom. The summed E-state index contributed by atoms with van der Waals surface area (Å²) in [5, 5.41) is 0. The summed E-state index contributed by atoms with van der Waals surface area (Å²) in [5.74, 6) is -5.79. The molecular weight excluding hydrogens is 456 g/mol. The lowest BCUT2D eigenvalue weighted by atomic mass is 9.79. The zero-order chi connectivity index (χ0) is 27.5. The third-order valence-corrected chi connectivity index (χ3v) is 7.26. The molecular formula is C30H50O6. The van der Waals surface area contributed by atoms with E-state index in [0.29, 0.717) is 19.3 Å². The summed E-state index contributed by atoms with van der Waals surface area (Å²) in [4.78, 5) is 66.9. The van der Waals surface area contributed by atoms with Crippen LogP contribution in [0, 0.1) is 29.6 Å². The molecule has 0 aromatic rings. The van der Waals surface area contributed by atoms with Gasteiger partial charge in [-0.3, -0.25) is 24.0 Å². The third-order valence-electron chi connectivity index (χ3n) is 7.26. The number of unbranched alkanes of at least 4 members (excludes halogenated alkanes) is 6. The summed E-state index contributed by atoms with van der Waals surface area (Å²) in [5.41, 5.74) is -2.17. The number of esters is 1. The van der Waals surface area contributed by atoms with E-state index in [1.165, 1.54) is 19.3 Å². The van der Waals surface area contributed by atoms with Crippen LogP contribution in [0.4, 0.5) is 0 Å². The van der Waals surface area contributed by atoms with Crippen molar-refractivity contribution in [2.75, 3.05) is 0 Å². The average molecular weight is 507 g/mol. The molecule has 1 saturated carbocycles. The van der Waals surface area contributed by atoms with E-state index in [1.54, 1.807) is 13.8 Å². The maximum absolute atomic E-state index is 13.8. The molecule has 1 fully saturated rings. The van der Waals surface area contributed by atoms with Gasteiger partial charge in [0.1, 0.15) is 5.92 Å². The van der Waals surface area contributed by atoms with Gasteiger partial charge >= 0.3 is 5.97 Å². The summed E-state index contributed by atoms with van der Waals surface area (Å²) in [6.45, 7) is 13.4. The van der Waals surface area contributed by atoms with Crippen LogP contribution >= 0.6 is 0 Å². The number of hydrogen-bond acceptors (Lipinski definition) is 6. The van der Waals surface area contributed by atoms with Crippen molar-refractivity contribution in [1.29, 1.82) is 0 Å².